The van der Waals surface area contributed by atoms with Gasteiger partial charge in [0.05, 0.1) is 11.1 Å². The molecule has 0 bridgehead atoms. The highest BCUT2D eigenvalue weighted by Gasteiger charge is 2.34. The molecule has 0 radical (unpaired) electrons. The van der Waals surface area contributed by atoms with Gasteiger partial charge < -0.3 is 9.88 Å². The Hall–Kier alpha value is -3.09. The van der Waals surface area contributed by atoms with E-state index in [1.54, 1.807) is 12.1 Å². The lowest BCUT2D eigenvalue weighted by Crippen LogP contribution is -2.33. The zero-order chi connectivity index (χ0) is 18.5. The van der Waals surface area contributed by atoms with E-state index in [0.29, 0.717) is 13.0 Å². The van der Waals surface area contributed by atoms with Crippen LogP contribution in [0, 0.1) is 0 Å². The molecule has 0 fully saturated rings. The third kappa shape index (κ3) is 2.47. The summed E-state index contributed by atoms with van der Waals surface area (Å²) in [5.74, 6) is -0.518. The number of para-hydroxylation sites is 2. The number of carbonyl (C=O) groups is 1. The molecule has 2 heterocycles. The van der Waals surface area contributed by atoms with Crippen molar-refractivity contribution in [2.75, 3.05) is 11.4 Å². The van der Waals surface area contributed by atoms with Crippen LogP contribution in [0.25, 0.3) is 10.9 Å². The standard InChI is InChI=1S/C19H13F3N2O2/c20-19(21,22)14-6-3-5-12-16(14)23-10-13(17(12)25)18(26)24-9-8-11-4-1-2-7-15(11)24/h1-7,10H,8-9H2,(H,23,25). The topological polar surface area (TPSA) is 53.2 Å². The SMILES string of the molecule is O=C(c1c[nH]c2c(C(F)(F)F)cccc2c1=O)N1CCc2ccccc21. The highest BCUT2D eigenvalue weighted by molar-refractivity contribution is 6.08. The smallest absolute Gasteiger partial charge is 0.360 e. The number of H-pyrrole nitrogens is 1. The van der Waals surface area contributed by atoms with Crippen molar-refractivity contribution >= 4 is 22.5 Å². The predicted molar refractivity (Wildman–Crippen MR) is 91.4 cm³/mol. The molecule has 1 N–H and O–H groups in total. The van der Waals surface area contributed by atoms with Gasteiger partial charge in [-0.2, -0.15) is 13.2 Å². The van der Waals surface area contributed by atoms with E-state index in [0.717, 1.165) is 23.5 Å². The molecule has 0 spiro atoms. The highest BCUT2D eigenvalue weighted by Crippen LogP contribution is 2.33. The first-order chi connectivity index (χ1) is 12.4. The first-order valence-electron chi connectivity index (χ1n) is 7.99. The van der Waals surface area contributed by atoms with Crippen LogP contribution in [0.5, 0.6) is 0 Å². The lowest BCUT2D eigenvalue weighted by Gasteiger charge is -2.17. The molecule has 0 atom stereocenters. The van der Waals surface area contributed by atoms with Gasteiger partial charge in [-0.1, -0.05) is 24.3 Å². The van der Waals surface area contributed by atoms with E-state index < -0.39 is 23.1 Å². The van der Waals surface area contributed by atoms with E-state index in [4.69, 9.17) is 0 Å². The average Bonchev–Trinajstić information content (AvgIpc) is 3.04. The van der Waals surface area contributed by atoms with E-state index in [2.05, 4.69) is 4.98 Å². The first-order valence-corrected chi connectivity index (χ1v) is 7.99. The van der Waals surface area contributed by atoms with Crippen LogP contribution < -0.4 is 10.3 Å². The fraction of sp³-hybridized carbons (Fsp3) is 0.158. The number of nitrogens with one attached hydrogen (secondary N) is 1. The van der Waals surface area contributed by atoms with Gasteiger partial charge in [-0.25, -0.2) is 0 Å². The lowest BCUT2D eigenvalue weighted by atomic mass is 10.1. The number of aromatic amines is 1. The molecule has 4 nitrogen and oxygen atoms in total. The monoisotopic (exact) mass is 358 g/mol. The number of halogens is 3. The number of alkyl halides is 3. The number of anilines is 1. The van der Waals surface area contributed by atoms with Crippen molar-refractivity contribution in [2.45, 2.75) is 12.6 Å². The third-order valence-electron chi connectivity index (χ3n) is 4.58. The minimum atomic E-state index is -4.60. The second kappa shape index (κ2) is 5.72. The van der Waals surface area contributed by atoms with E-state index in [9.17, 15) is 22.8 Å². The summed E-state index contributed by atoms with van der Waals surface area (Å²) in [5, 5.41) is -0.154. The number of amides is 1. The quantitative estimate of drug-likeness (QED) is 0.720. The molecule has 132 valence electrons. The number of rotatable bonds is 1. The van der Waals surface area contributed by atoms with Crippen LogP contribution in [0.3, 0.4) is 0 Å². The van der Waals surface area contributed by atoms with E-state index in [1.807, 2.05) is 12.1 Å². The largest absolute Gasteiger partial charge is 0.418 e. The summed E-state index contributed by atoms with van der Waals surface area (Å²) in [6, 6.07) is 10.7. The first kappa shape index (κ1) is 16.4. The molecule has 1 aliphatic rings. The van der Waals surface area contributed by atoms with E-state index in [1.165, 1.54) is 17.0 Å². The van der Waals surface area contributed by atoms with Gasteiger partial charge in [-0.15, -0.1) is 0 Å². The van der Waals surface area contributed by atoms with Gasteiger partial charge in [-0.3, -0.25) is 9.59 Å². The number of fused-ring (bicyclic) bond motifs is 2. The fourth-order valence-corrected chi connectivity index (χ4v) is 3.34. The molecule has 3 aromatic rings. The second-order valence-electron chi connectivity index (χ2n) is 6.09. The Kier molecular flexibility index (Phi) is 3.61. The minimum absolute atomic E-state index is 0.154. The number of hydrogen-bond donors (Lipinski definition) is 1. The van der Waals surface area contributed by atoms with Crippen LogP contribution in [0.15, 0.2) is 53.5 Å². The van der Waals surface area contributed by atoms with E-state index in [-0.39, 0.29) is 16.5 Å². The fourth-order valence-electron chi connectivity index (χ4n) is 3.34. The zero-order valence-corrected chi connectivity index (χ0v) is 13.4. The van der Waals surface area contributed by atoms with Gasteiger partial charge in [0.15, 0.2) is 0 Å². The number of aromatic nitrogens is 1. The van der Waals surface area contributed by atoms with Crippen molar-refractivity contribution in [3.63, 3.8) is 0 Å². The van der Waals surface area contributed by atoms with Crippen molar-refractivity contribution in [1.29, 1.82) is 0 Å². The summed E-state index contributed by atoms with van der Waals surface area (Å²) in [4.78, 5) is 29.5. The van der Waals surface area contributed by atoms with Crippen LogP contribution in [0.4, 0.5) is 18.9 Å². The molecule has 0 saturated heterocycles. The summed E-state index contributed by atoms with van der Waals surface area (Å²) in [6.45, 7) is 0.429. The van der Waals surface area contributed by atoms with Gasteiger partial charge in [0.25, 0.3) is 5.91 Å². The molecule has 1 amide bonds. The van der Waals surface area contributed by atoms with Gasteiger partial charge in [0.1, 0.15) is 5.56 Å². The number of carbonyl (C=O) groups excluding carboxylic acids is 1. The van der Waals surface area contributed by atoms with Gasteiger partial charge in [-0.05, 0) is 30.2 Å². The maximum atomic E-state index is 13.1. The summed E-state index contributed by atoms with van der Waals surface area (Å²) in [6.07, 6.45) is -2.85. The van der Waals surface area contributed by atoms with Crippen molar-refractivity contribution in [1.82, 2.24) is 4.98 Å². The molecule has 0 unspecified atom stereocenters. The van der Waals surface area contributed by atoms with Gasteiger partial charge >= 0.3 is 6.18 Å². The number of hydrogen-bond acceptors (Lipinski definition) is 2. The van der Waals surface area contributed by atoms with Gasteiger partial charge in [0.2, 0.25) is 5.43 Å². The Morgan fingerprint density at radius 2 is 1.85 bits per heavy atom. The molecular weight excluding hydrogens is 345 g/mol. The summed E-state index contributed by atoms with van der Waals surface area (Å²) < 4.78 is 39.4. The Balaban J connectivity index is 1.83. The van der Waals surface area contributed by atoms with Crippen molar-refractivity contribution in [3.05, 3.63) is 75.6 Å². The molecule has 1 aliphatic heterocycles. The van der Waals surface area contributed by atoms with Crippen molar-refractivity contribution in [3.8, 4) is 0 Å². The Labute approximate surface area is 145 Å². The summed E-state index contributed by atoms with van der Waals surface area (Å²) >= 11 is 0. The lowest BCUT2D eigenvalue weighted by molar-refractivity contribution is -0.136. The highest BCUT2D eigenvalue weighted by atomic mass is 19.4. The van der Waals surface area contributed by atoms with Crippen LogP contribution in [-0.2, 0) is 12.6 Å². The van der Waals surface area contributed by atoms with E-state index >= 15 is 0 Å². The number of pyridine rings is 1. The summed E-state index contributed by atoms with van der Waals surface area (Å²) in [7, 11) is 0. The maximum absolute atomic E-state index is 13.1. The normalized spacial score (nSPS) is 13.9. The second-order valence-corrected chi connectivity index (χ2v) is 6.09. The molecule has 26 heavy (non-hydrogen) atoms. The molecule has 4 rings (SSSR count). The van der Waals surface area contributed by atoms with Crippen molar-refractivity contribution in [2.24, 2.45) is 0 Å². The van der Waals surface area contributed by atoms with Crippen LogP contribution in [0.1, 0.15) is 21.5 Å². The minimum Gasteiger partial charge on any atom is -0.360 e. The van der Waals surface area contributed by atoms with Crippen LogP contribution >= 0.6 is 0 Å². The molecular formula is C19H13F3N2O2. The Morgan fingerprint density at radius 1 is 1.08 bits per heavy atom. The van der Waals surface area contributed by atoms with Crippen LogP contribution in [-0.4, -0.2) is 17.4 Å². The average molecular weight is 358 g/mol. The number of nitrogens with zero attached hydrogens (tertiary/aromatic N) is 1. The Bertz CT molecular complexity index is 1090. The molecule has 2 aromatic carbocycles. The molecule has 0 saturated carbocycles. The zero-order valence-electron chi connectivity index (χ0n) is 13.4. The molecule has 7 heteroatoms. The number of benzene rings is 2. The summed E-state index contributed by atoms with van der Waals surface area (Å²) in [5.41, 5.74) is -0.410. The molecule has 0 aliphatic carbocycles. The van der Waals surface area contributed by atoms with Gasteiger partial charge in [0, 0.05) is 23.8 Å². The predicted octanol–water partition coefficient (Wildman–Crippen LogP) is 3.75. The third-order valence-corrected chi connectivity index (χ3v) is 4.58. The Morgan fingerprint density at radius 3 is 2.62 bits per heavy atom. The molecule has 1 aromatic heterocycles. The van der Waals surface area contributed by atoms with Crippen molar-refractivity contribution < 1.29 is 18.0 Å². The maximum Gasteiger partial charge on any atom is 0.418 e. The van der Waals surface area contributed by atoms with Crippen LogP contribution in [0.2, 0.25) is 0 Å².